The van der Waals surface area contributed by atoms with Crippen molar-refractivity contribution in [2.75, 3.05) is 7.11 Å². The Morgan fingerprint density at radius 3 is 2.09 bits per heavy atom. The summed E-state index contributed by atoms with van der Waals surface area (Å²) in [5.41, 5.74) is 1.95. The molecule has 8 heteroatoms. The third-order valence-corrected chi connectivity index (χ3v) is 5.46. The van der Waals surface area contributed by atoms with E-state index in [-0.39, 0.29) is 5.75 Å². The molecule has 0 bridgehead atoms. The van der Waals surface area contributed by atoms with Crippen molar-refractivity contribution in [1.29, 1.82) is 0 Å². The van der Waals surface area contributed by atoms with Gasteiger partial charge in [-0.2, -0.15) is 0 Å². The van der Waals surface area contributed by atoms with Crippen LogP contribution in [0.15, 0.2) is 36.4 Å². The van der Waals surface area contributed by atoms with Crippen LogP contribution in [0.5, 0.6) is 11.5 Å². The lowest BCUT2D eigenvalue weighted by Crippen LogP contribution is -1.80. The minimum atomic E-state index is 0.265. The molecule has 0 unspecified atom stereocenters. The van der Waals surface area contributed by atoms with Gasteiger partial charge in [-0.1, -0.05) is 0 Å². The number of hydrogen-bond donors (Lipinski definition) is 3. The average Bonchev–Trinajstić information content (AvgIpc) is 3.07. The number of nitrogens with one attached hydrogen (secondary N) is 2. The van der Waals surface area contributed by atoms with Crippen molar-refractivity contribution < 1.29 is 9.84 Å². The van der Waals surface area contributed by atoms with E-state index in [4.69, 9.17) is 34.3 Å². The zero-order chi connectivity index (χ0) is 16.4. The summed E-state index contributed by atoms with van der Waals surface area (Å²) in [5.74, 6) is 1.12. The summed E-state index contributed by atoms with van der Waals surface area (Å²) >= 11 is 13.0. The van der Waals surface area contributed by atoms with Crippen LogP contribution >= 0.6 is 47.1 Å². The molecule has 0 amide bonds. The Balaban J connectivity index is 0.000000136. The van der Waals surface area contributed by atoms with Gasteiger partial charge in [-0.25, -0.2) is 0 Å². The molecule has 0 fully saturated rings. The molecule has 3 N–H and O–H groups in total. The number of benzene rings is 2. The van der Waals surface area contributed by atoms with Crippen molar-refractivity contribution in [1.82, 2.24) is 9.97 Å². The van der Waals surface area contributed by atoms with Crippen molar-refractivity contribution in [2.45, 2.75) is 0 Å². The molecule has 0 atom stereocenters. The second kappa shape index (κ2) is 6.79. The smallest absolute Gasteiger partial charge is 0.159 e. The van der Waals surface area contributed by atoms with Crippen molar-refractivity contribution in [3.05, 3.63) is 44.3 Å². The minimum absolute atomic E-state index is 0.265. The van der Waals surface area contributed by atoms with Gasteiger partial charge in [0.1, 0.15) is 11.5 Å². The molecule has 2 heterocycles. The molecule has 4 rings (SSSR count). The SMILES string of the molecule is COc1ccc2sc(=S)[nH]c2c1.Oc1ccc2sc(=S)[nH]c2c1. The number of ether oxygens (including phenoxy) is 1. The molecule has 0 saturated heterocycles. The van der Waals surface area contributed by atoms with Gasteiger partial charge in [-0.05, 0) is 48.7 Å². The highest BCUT2D eigenvalue weighted by atomic mass is 32.2. The molecule has 0 saturated carbocycles. The molecule has 0 aliphatic heterocycles. The molecular formula is C15H12N2O2S4. The molecule has 23 heavy (non-hydrogen) atoms. The Hall–Kier alpha value is -1.74. The van der Waals surface area contributed by atoms with E-state index in [9.17, 15) is 0 Å². The topological polar surface area (TPSA) is 61.0 Å². The quantitative estimate of drug-likeness (QED) is 0.374. The van der Waals surface area contributed by atoms with Crippen LogP contribution in [-0.2, 0) is 0 Å². The Bertz CT molecular complexity index is 1070. The fourth-order valence-corrected chi connectivity index (χ4v) is 4.19. The average molecular weight is 381 g/mol. The summed E-state index contributed by atoms with van der Waals surface area (Å²) in [6, 6.07) is 11.1. The summed E-state index contributed by atoms with van der Waals surface area (Å²) in [6.45, 7) is 0. The van der Waals surface area contributed by atoms with E-state index in [0.29, 0.717) is 0 Å². The number of aromatic amines is 2. The third-order valence-electron chi connectivity index (χ3n) is 3.03. The zero-order valence-corrected chi connectivity index (χ0v) is 15.2. The first kappa shape index (κ1) is 16.1. The maximum atomic E-state index is 9.09. The van der Waals surface area contributed by atoms with E-state index in [1.54, 1.807) is 30.6 Å². The van der Waals surface area contributed by atoms with Crippen LogP contribution in [0.2, 0.25) is 0 Å². The van der Waals surface area contributed by atoms with E-state index in [1.807, 2.05) is 24.3 Å². The Morgan fingerprint density at radius 1 is 0.913 bits per heavy atom. The molecule has 2 aromatic heterocycles. The second-order valence-corrected chi connectivity index (χ2v) is 8.01. The molecule has 4 aromatic rings. The Labute approximate surface area is 150 Å². The standard InChI is InChI=1S/C8H7NOS2.C7H5NOS2/c1-10-5-2-3-7-6(4-5)9-8(11)12-7;9-4-1-2-6-5(3-4)8-7(10)11-6/h2-4H,1H3,(H,9,11);1-3,9H,(H,8,10). The number of aromatic nitrogens is 2. The maximum Gasteiger partial charge on any atom is 0.159 e. The zero-order valence-electron chi connectivity index (χ0n) is 12.0. The summed E-state index contributed by atoms with van der Waals surface area (Å²) in [5, 5.41) is 9.09. The summed E-state index contributed by atoms with van der Waals surface area (Å²) < 4.78 is 8.87. The monoisotopic (exact) mass is 380 g/mol. The van der Waals surface area contributed by atoms with Gasteiger partial charge >= 0.3 is 0 Å². The van der Waals surface area contributed by atoms with Crippen molar-refractivity contribution in [3.63, 3.8) is 0 Å². The van der Waals surface area contributed by atoms with Crippen molar-refractivity contribution in [3.8, 4) is 11.5 Å². The van der Waals surface area contributed by atoms with Gasteiger partial charge in [0.15, 0.2) is 7.91 Å². The lowest BCUT2D eigenvalue weighted by Gasteiger charge is -1.96. The van der Waals surface area contributed by atoms with E-state index in [1.165, 1.54) is 16.0 Å². The lowest BCUT2D eigenvalue weighted by molar-refractivity contribution is 0.415. The predicted molar refractivity (Wildman–Crippen MR) is 102 cm³/mol. The number of methoxy groups -OCH3 is 1. The number of phenols is 1. The molecule has 2 aromatic carbocycles. The number of H-pyrrole nitrogens is 2. The summed E-state index contributed by atoms with van der Waals surface area (Å²) in [4.78, 5) is 6.06. The van der Waals surface area contributed by atoms with Gasteiger partial charge in [-0.15, -0.1) is 22.7 Å². The van der Waals surface area contributed by atoms with E-state index in [0.717, 1.165) is 29.4 Å². The molecule has 118 valence electrons. The van der Waals surface area contributed by atoms with Crippen LogP contribution in [0.3, 0.4) is 0 Å². The van der Waals surface area contributed by atoms with Crippen LogP contribution in [0.25, 0.3) is 20.4 Å². The fourth-order valence-electron chi connectivity index (χ4n) is 2.00. The van der Waals surface area contributed by atoms with E-state index < -0.39 is 0 Å². The van der Waals surface area contributed by atoms with E-state index in [2.05, 4.69) is 9.97 Å². The number of hydrogen-bond acceptors (Lipinski definition) is 6. The molecular weight excluding hydrogens is 368 g/mol. The van der Waals surface area contributed by atoms with Crippen LogP contribution in [-0.4, -0.2) is 22.2 Å². The van der Waals surface area contributed by atoms with Gasteiger partial charge in [0.25, 0.3) is 0 Å². The van der Waals surface area contributed by atoms with Gasteiger partial charge in [0, 0.05) is 12.1 Å². The Morgan fingerprint density at radius 2 is 1.48 bits per heavy atom. The molecule has 0 radical (unpaired) electrons. The number of thiazole rings is 2. The number of aromatic hydroxyl groups is 1. The minimum Gasteiger partial charge on any atom is -0.508 e. The maximum absolute atomic E-state index is 9.09. The van der Waals surface area contributed by atoms with Crippen LogP contribution in [0.1, 0.15) is 0 Å². The van der Waals surface area contributed by atoms with Crippen LogP contribution in [0, 0.1) is 7.91 Å². The first-order valence-corrected chi connectivity index (χ1v) is 8.99. The summed E-state index contributed by atoms with van der Waals surface area (Å²) in [7, 11) is 1.65. The lowest BCUT2D eigenvalue weighted by atomic mass is 10.3. The highest BCUT2D eigenvalue weighted by Gasteiger charge is 1.98. The largest absolute Gasteiger partial charge is 0.508 e. The predicted octanol–water partition coefficient (Wildman–Crippen LogP) is 5.63. The first-order chi connectivity index (χ1) is 11.0. The van der Waals surface area contributed by atoms with Gasteiger partial charge in [0.2, 0.25) is 0 Å². The molecule has 4 nitrogen and oxygen atoms in total. The van der Waals surface area contributed by atoms with Crippen molar-refractivity contribution >= 4 is 67.5 Å². The fraction of sp³-hybridized carbons (Fsp3) is 0.0667. The molecule has 0 aliphatic carbocycles. The van der Waals surface area contributed by atoms with Crippen LogP contribution < -0.4 is 4.74 Å². The second-order valence-electron chi connectivity index (χ2n) is 4.57. The van der Waals surface area contributed by atoms with Crippen LogP contribution in [0.4, 0.5) is 0 Å². The van der Waals surface area contributed by atoms with Gasteiger partial charge in [-0.3, -0.25) is 0 Å². The highest BCUT2D eigenvalue weighted by molar-refractivity contribution is 7.74. The first-order valence-electron chi connectivity index (χ1n) is 6.54. The van der Waals surface area contributed by atoms with Crippen molar-refractivity contribution in [2.24, 2.45) is 0 Å². The van der Waals surface area contributed by atoms with Gasteiger partial charge < -0.3 is 19.8 Å². The number of rotatable bonds is 1. The normalized spacial score (nSPS) is 10.5. The van der Waals surface area contributed by atoms with E-state index >= 15 is 0 Å². The number of fused-ring (bicyclic) bond motifs is 2. The van der Waals surface area contributed by atoms with Gasteiger partial charge in [0.05, 0.1) is 27.5 Å². The molecule has 0 aliphatic rings. The number of phenolic OH excluding ortho intramolecular Hbond substituents is 1. The molecule has 0 spiro atoms. The third kappa shape index (κ3) is 3.78. The summed E-state index contributed by atoms with van der Waals surface area (Å²) in [6.07, 6.45) is 0. The Kier molecular flexibility index (Phi) is 4.76. The highest BCUT2D eigenvalue weighted by Crippen LogP contribution is 2.24.